The largest absolute Gasteiger partial charge is 0.466 e. The number of imidazole rings is 1. The predicted octanol–water partition coefficient (Wildman–Crippen LogP) is 9.81. The van der Waals surface area contributed by atoms with Crippen LogP contribution in [-0.2, 0) is 23.9 Å². The van der Waals surface area contributed by atoms with Crippen molar-refractivity contribution >= 4 is 45.1 Å². The molecule has 7 atom stereocenters. The van der Waals surface area contributed by atoms with Gasteiger partial charge in [0.1, 0.15) is 17.2 Å². The Morgan fingerprint density at radius 1 is 0.922 bits per heavy atom. The number of ketones is 1. The van der Waals surface area contributed by atoms with Crippen molar-refractivity contribution in [1.29, 1.82) is 0 Å². The van der Waals surface area contributed by atoms with E-state index in [0.717, 1.165) is 30.3 Å². The van der Waals surface area contributed by atoms with Gasteiger partial charge in [-0.3, -0.25) is 9.59 Å². The number of pyridine rings is 2. The van der Waals surface area contributed by atoms with Crippen molar-refractivity contribution in [3.63, 3.8) is 0 Å². The van der Waals surface area contributed by atoms with Gasteiger partial charge in [-0.2, -0.15) is 0 Å². The molecule has 6 rings (SSSR count). The number of nitrogens with zero attached hydrogens (tertiary/aromatic N) is 3. The molecule has 51 heavy (non-hydrogen) atoms. The number of carbonyl (C=O) groups is 3. The molecule has 0 aromatic carbocycles. The third kappa shape index (κ3) is 18.5. The molecule has 0 radical (unpaired) electrons. The third-order valence-electron chi connectivity index (χ3n) is 8.11. The number of nitrogen functional groups attached to an aromatic ring is 1. The number of esters is 2. The fourth-order valence-corrected chi connectivity index (χ4v) is 5.15. The Labute approximate surface area is 316 Å². The van der Waals surface area contributed by atoms with Crippen LogP contribution in [0.2, 0.25) is 0 Å². The Bertz CT molecular complexity index is 1440. The van der Waals surface area contributed by atoms with Gasteiger partial charge in [0.05, 0.1) is 29.7 Å². The highest BCUT2D eigenvalue weighted by Gasteiger charge is 2.41. The van der Waals surface area contributed by atoms with Gasteiger partial charge in [-0.15, -0.1) is 0 Å². The summed E-state index contributed by atoms with van der Waals surface area (Å²) in [6.45, 7) is 24.9. The molecule has 10 heteroatoms. The number of carbonyl (C=O) groups excluding carboxylic acids is 3. The standard InChI is InChI=1S/C12H14N2.C7H11BrO.C7H12O2.C6H10O2.C5H6N2.2C2H6/c1-8-7-10(8)12-9(2)14-6-4-3-5-11(14)13-12;1-4-3-6(4)7(9)5(2)8;1-3-9-7(8)6-4-5(6)2;1-3-5-6(7)8-4-2;6-5-3-1-2-4-7-5;2*1-2/h3-6,8,10H,7H2,1-2H3;4-6H,3H2,1-2H3;5-6H,3-4H2,1-2H3;3,5H,4H2,1-2H3;1-4H,(H2,6,7);2*1-2H3/b;;;5-3+;;;. The van der Waals surface area contributed by atoms with Gasteiger partial charge in [0.25, 0.3) is 0 Å². The molecule has 3 heterocycles. The molecule has 9 nitrogen and oxygen atoms in total. The van der Waals surface area contributed by atoms with Gasteiger partial charge in [0.2, 0.25) is 0 Å². The summed E-state index contributed by atoms with van der Waals surface area (Å²) in [6, 6.07) is 11.6. The summed E-state index contributed by atoms with van der Waals surface area (Å²) in [5.41, 5.74) is 8.95. The highest BCUT2D eigenvalue weighted by Crippen LogP contribution is 2.47. The SMILES string of the molecule is C/C=C/C(=O)OCC.CC.CC.CC(Br)C(=O)C1CC1C.CCOC(=O)C1CC1C.Cc1c(C2CC2C)nc2ccccn12.Nc1ccccn1. The van der Waals surface area contributed by atoms with E-state index in [2.05, 4.69) is 81.1 Å². The second kappa shape index (κ2) is 26.3. The van der Waals surface area contributed by atoms with Crippen LogP contribution in [0.4, 0.5) is 5.82 Å². The van der Waals surface area contributed by atoms with Crippen molar-refractivity contribution in [2.24, 2.45) is 29.6 Å². The molecule has 0 aliphatic heterocycles. The first-order valence-electron chi connectivity index (χ1n) is 18.6. The lowest BCUT2D eigenvalue weighted by Gasteiger charge is -1.97. The number of hydrogen-bond donors (Lipinski definition) is 1. The number of anilines is 1. The summed E-state index contributed by atoms with van der Waals surface area (Å²) in [5, 5.41) is 0. The molecule has 0 bridgehead atoms. The summed E-state index contributed by atoms with van der Waals surface area (Å²) in [5.74, 6) is 4.05. The maximum absolute atomic E-state index is 11.1. The topological polar surface area (TPSA) is 126 Å². The predicted molar refractivity (Wildman–Crippen MR) is 214 cm³/mol. The second-order valence-electron chi connectivity index (χ2n) is 12.2. The number of fused-ring (bicyclic) bond motifs is 1. The Morgan fingerprint density at radius 3 is 1.82 bits per heavy atom. The van der Waals surface area contributed by atoms with Crippen molar-refractivity contribution < 1.29 is 23.9 Å². The number of allylic oxidation sites excluding steroid dienone is 1. The minimum absolute atomic E-state index is 0.00926. The lowest BCUT2D eigenvalue weighted by molar-refractivity contribution is -0.145. The van der Waals surface area contributed by atoms with E-state index in [4.69, 9.17) is 10.5 Å². The number of alkyl halides is 1. The molecule has 2 N–H and O–H groups in total. The molecule has 286 valence electrons. The van der Waals surface area contributed by atoms with Crippen molar-refractivity contribution in [3.8, 4) is 0 Å². The van der Waals surface area contributed by atoms with E-state index in [9.17, 15) is 14.4 Å². The van der Waals surface area contributed by atoms with Gasteiger partial charge in [0, 0.05) is 36.0 Å². The van der Waals surface area contributed by atoms with E-state index in [1.54, 1.807) is 32.2 Å². The molecule has 3 aliphatic rings. The van der Waals surface area contributed by atoms with Gasteiger partial charge in [0.15, 0.2) is 0 Å². The van der Waals surface area contributed by atoms with Crippen molar-refractivity contribution in [1.82, 2.24) is 14.4 Å². The average molecular weight is 774 g/mol. The molecular formula is C41H65BrN4O5. The molecule has 3 aromatic rings. The van der Waals surface area contributed by atoms with E-state index in [-0.39, 0.29) is 22.7 Å². The number of ether oxygens (including phenoxy) is 2. The van der Waals surface area contributed by atoms with E-state index in [1.165, 1.54) is 23.9 Å². The second-order valence-corrected chi connectivity index (χ2v) is 13.6. The van der Waals surface area contributed by atoms with Crippen LogP contribution in [0.5, 0.6) is 0 Å². The van der Waals surface area contributed by atoms with Crippen LogP contribution in [0.15, 0.2) is 60.9 Å². The quantitative estimate of drug-likeness (QED) is 0.143. The van der Waals surface area contributed by atoms with Crippen molar-refractivity contribution in [2.75, 3.05) is 18.9 Å². The normalized spacial score (nSPS) is 21.9. The highest BCUT2D eigenvalue weighted by atomic mass is 79.9. The molecule has 3 saturated carbocycles. The lowest BCUT2D eigenvalue weighted by Crippen LogP contribution is -2.12. The smallest absolute Gasteiger partial charge is 0.330 e. The zero-order valence-corrected chi connectivity index (χ0v) is 34.8. The number of Topliss-reactive ketones (excluding diaryl/α,β-unsaturated/α-hetero) is 1. The van der Waals surface area contributed by atoms with E-state index in [0.29, 0.717) is 42.6 Å². The maximum atomic E-state index is 11.1. The summed E-state index contributed by atoms with van der Waals surface area (Å²) >= 11 is 3.26. The number of nitrogens with two attached hydrogens (primary N) is 1. The van der Waals surface area contributed by atoms with Crippen molar-refractivity contribution in [3.05, 3.63) is 72.3 Å². The van der Waals surface area contributed by atoms with Gasteiger partial charge >= 0.3 is 11.9 Å². The Balaban J connectivity index is 0.000000612. The maximum Gasteiger partial charge on any atom is 0.330 e. The van der Waals surface area contributed by atoms with E-state index >= 15 is 0 Å². The fourth-order valence-electron chi connectivity index (χ4n) is 4.81. The Hall–Kier alpha value is -3.53. The number of aryl methyl sites for hydroxylation is 1. The van der Waals surface area contributed by atoms with Gasteiger partial charge < -0.3 is 19.6 Å². The summed E-state index contributed by atoms with van der Waals surface area (Å²) in [7, 11) is 0. The van der Waals surface area contributed by atoms with Crippen molar-refractivity contribution in [2.45, 2.75) is 113 Å². The van der Waals surface area contributed by atoms with E-state index < -0.39 is 0 Å². The minimum atomic E-state index is -0.269. The van der Waals surface area contributed by atoms with E-state index in [1.807, 2.05) is 59.7 Å². The number of halogens is 1. The number of rotatable bonds is 7. The Morgan fingerprint density at radius 2 is 1.47 bits per heavy atom. The molecule has 7 unspecified atom stereocenters. The number of aromatic nitrogens is 3. The summed E-state index contributed by atoms with van der Waals surface area (Å²) in [6.07, 6.45) is 10.2. The molecule has 0 spiro atoms. The number of hydrogen-bond acceptors (Lipinski definition) is 8. The molecule has 3 fully saturated rings. The zero-order chi connectivity index (χ0) is 39.1. The van der Waals surface area contributed by atoms with Crippen LogP contribution >= 0.6 is 15.9 Å². The lowest BCUT2D eigenvalue weighted by atomic mass is 10.2. The van der Waals surface area contributed by atoms with Crippen LogP contribution in [0.25, 0.3) is 5.65 Å². The average Bonchev–Trinajstić information content (AvgIpc) is 4.09. The molecule has 0 saturated heterocycles. The summed E-state index contributed by atoms with van der Waals surface area (Å²) in [4.78, 5) is 40.7. The molecule has 3 aromatic heterocycles. The Kier molecular flexibility index (Phi) is 24.5. The van der Waals surface area contributed by atoms with Crippen LogP contribution in [-0.4, -0.2) is 50.1 Å². The zero-order valence-electron chi connectivity index (χ0n) is 33.2. The first kappa shape index (κ1) is 47.5. The third-order valence-corrected chi connectivity index (χ3v) is 8.56. The van der Waals surface area contributed by atoms with Crippen LogP contribution in [0, 0.1) is 36.5 Å². The molecule has 3 aliphatic carbocycles. The van der Waals surface area contributed by atoms with Crippen LogP contribution in [0.1, 0.15) is 113 Å². The van der Waals surface area contributed by atoms with Gasteiger partial charge in [-0.25, -0.2) is 14.8 Å². The van der Waals surface area contributed by atoms with Crippen LogP contribution in [0.3, 0.4) is 0 Å². The fraction of sp³-hybridized carbons (Fsp3) is 0.585. The molecular weight excluding hydrogens is 708 g/mol. The summed E-state index contributed by atoms with van der Waals surface area (Å²) < 4.78 is 11.5. The molecule has 0 amide bonds. The highest BCUT2D eigenvalue weighted by molar-refractivity contribution is 9.10. The monoisotopic (exact) mass is 772 g/mol. The van der Waals surface area contributed by atoms with Crippen LogP contribution < -0.4 is 5.73 Å². The first-order valence-corrected chi connectivity index (χ1v) is 19.5. The van der Waals surface area contributed by atoms with Gasteiger partial charge in [-0.05, 0) is 95.9 Å². The van der Waals surface area contributed by atoms with Gasteiger partial charge in [-0.1, -0.05) is 82.6 Å². The first-order chi connectivity index (χ1) is 24.4. The minimum Gasteiger partial charge on any atom is -0.466 e.